The Kier molecular flexibility index (Phi) is 5.56. The van der Waals surface area contributed by atoms with E-state index in [4.69, 9.17) is 0 Å². The van der Waals surface area contributed by atoms with Crippen molar-refractivity contribution < 1.29 is 9.59 Å². The van der Waals surface area contributed by atoms with Gasteiger partial charge in [0.15, 0.2) is 0 Å². The molecular weight excluding hydrogens is 392 g/mol. The highest BCUT2D eigenvalue weighted by molar-refractivity contribution is 7.99. The Bertz CT molecular complexity index is 1070. The molecule has 0 spiro atoms. The number of hydrogen-bond donors (Lipinski definition) is 0. The van der Waals surface area contributed by atoms with Gasteiger partial charge in [-0.2, -0.15) is 0 Å². The minimum absolute atomic E-state index is 0.130. The highest BCUT2D eigenvalue weighted by atomic mass is 32.2. The fourth-order valence-electron chi connectivity index (χ4n) is 3.96. The Balaban J connectivity index is 1.78. The van der Waals surface area contributed by atoms with E-state index in [1.165, 1.54) is 17.7 Å². The van der Waals surface area contributed by atoms with Crippen LogP contribution in [0.25, 0.3) is 11.4 Å². The van der Waals surface area contributed by atoms with Crippen molar-refractivity contribution in [1.82, 2.24) is 9.80 Å². The standard InChI is InChI=1S/C25H26N2O2S/c1-5-6-15-30-19-13-11-18(12-14-19)23-21-20(24(28)27(23)4)22(26(3)25(21)29)17-9-7-16(2)8-10-17/h7-14H,5-6,15H2,1-4H3. The molecule has 2 aromatic carbocycles. The summed E-state index contributed by atoms with van der Waals surface area (Å²) in [6, 6.07) is 16.1. The molecular formula is C25H26N2O2S. The summed E-state index contributed by atoms with van der Waals surface area (Å²) in [5.74, 6) is 0.836. The number of benzene rings is 2. The molecule has 2 aromatic rings. The van der Waals surface area contributed by atoms with Gasteiger partial charge in [-0.1, -0.05) is 55.3 Å². The Morgan fingerprint density at radius 3 is 1.70 bits per heavy atom. The zero-order chi connectivity index (χ0) is 21.4. The number of nitrogens with zero attached hydrogens (tertiary/aromatic N) is 2. The van der Waals surface area contributed by atoms with Crippen molar-refractivity contribution in [2.45, 2.75) is 31.6 Å². The van der Waals surface area contributed by atoms with Crippen LogP contribution in [0.5, 0.6) is 0 Å². The molecule has 4 rings (SSSR count). The smallest absolute Gasteiger partial charge is 0.261 e. The van der Waals surface area contributed by atoms with E-state index in [9.17, 15) is 9.59 Å². The van der Waals surface area contributed by atoms with E-state index in [0.29, 0.717) is 22.5 Å². The van der Waals surface area contributed by atoms with Crippen LogP contribution in [0.1, 0.15) is 36.5 Å². The Morgan fingerprint density at radius 2 is 1.23 bits per heavy atom. The third kappa shape index (κ3) is 3.37. The second-order valence-corrected chi connectivity index (χ2v) is 8.94. The van der Waals surface area contributed by atoms with Crippen LogP contribution < -0.4 is 0 Å². The third-order valence-electron chi connectivity index (χ3n) is 5.65. The predicted molar refractivity (Wildman–Crippen MR) is 123 cm³/mol. The second-order valence-electron chi connectivity index (χ2n) is 7.77. The van der Waals surface area contributed by atoms with Crippen LogP contribution in [-0.2, 0) is 9.59 Å². The summed E-state index contributed by atoms with van der Waals surface area (Å²) < 4.78 is 0. The van der Waals surface area contributed by atoms with Crippen molar-refractivity contribution in [2.24, 2.45) is 0 Å². The molecule has 4 nitrogen and oxygen atoms in total. The lowest BCUT2D eigenvalue weighted by Crippen LogP contribution is -2.25. The number of hydrogen-bond acceptors (Lipinski definition) is 3. The number of thioether (sulfide) groups is 1. The molecule has 2 aliphatic rings. The van der Waals surface area contributed by atoms with E-state index >= 15 is 0 Å². The normalized spacial score (nSPS) is 16.3. The van der Waals surface area contributed by atoms with Gasteiger partial charge in [-0.25, -0.2) is 0 Å². The van der Waals surface area contributed by atoms with E-state index < -0.39 is 0 Å². The highest BCUT2D eigenvalue weighted by Crippen LogP contribution is 2.45. The second kappa shape index (κ2) is 8.15. The quantitative estimate of drug-likeness (QED) is 0.492. The number of carbonyl (C=O) groups excluding carboxylic acids is 2. The molecule has 5 heteroatoms. The average molecular weight is 419 g/mol. The topological polar surface area (TPSA) is 40.6 Å². The summed E-state index contributed by atoms with van der Waals surface area (Å²) in [5, 5.41) is 0. The molecule has 0 fully saturated rings. The van der Waals surface area contributed by atoms with Crippen LogP contribution in [0, 0.1) is 6.92 Å². The molecule has 0 bridgehead atoms. The lowest BCUT2D eigenvalue weighted by molar-refractivity contribution is -0.123. The maximum Gasteiger partial charge on any atom is 0.261 e. The summed E-state index contributed by atoms with van der Waals surface area (Å²) in [7, 11) is 3.49. The molecule has 2 aliphatic heterocycles. The fraction of sp³-hybridized carbons (Fsp3) is 0.280. The number of unbranched alkanes of at least 4 members (excludes halogenated alkanes) is 1. The van der Waals surface area contributed by atoms with Crippen LogP contribution >= 0.6 is 11.8 Å². The van der Waals surface area contributed by atoms with Crippen molar-refractivity contribution in [3.05, 3.63) is 76.4 Å². The SMILES string of the molecule is CCCCSc1ccc(C2=C3C(=O)N(C)C(c4ccc(C)cc4)=C3C(=O)N2C)cc1. The first-order valence-electron chi connectivity index (χ1n) is 10.3. The number of carbonyl (C=O) groups is 2. The van der Waals surface area contributed by atoms with Crippen LogP contribution in [0.15, 0.2) is 64.6 Å². The highest BCUT2D eigenvalue weighted by Gasteiger charge is 2.46. The Hall–Kier alpha value is -2.79. The lowest BCUT2D eigenvalue weighted by atomic mass is 10.0. The molecule has 0 saturated carbocycles. The van der Waals surface area contributed by atoms with E-state index in [1.54, 1.807) is 23.9 Å². The monoisotopic (exact) mass is 418 g/mol. The van der Waals surface area contributed by atoms with Gasteiger partial charge in [0.05, 0.1) is 22.5 Å². The molecule has 0 unspecified atom stereocenters. The first-order chi connectivity index (χ1) is 14.4. The van der Waals surface area contributed by atoms with Gasteiger partial charge in [-0.3, -0.25) is 9.59 Å². The zero-order valence-corrected chi connectivity index (χ0v) is 18.7. The Labute approximate surface area is 182 Å². The van der Waals surface area contributed by atoms with Gasteiger partial charge in [0.2, 0.25) is 0 Å². The summed E-state index contributed by atoms with van der Waals surface area (Å²) in [4.78, 5) is 30.8. The van der Waals surface area contributed by atoms with Gasteiger partial charge >= 0.3 is 0 Å². The van der Waals surface area contributed by atoms with Gasteiger partial charge < -0.3 is 9.80 Å². The third-order valence-corrected chi connectivity index (χ3v) is 6.75. The predicted octanol–water partition coefficient (Wildman–Crippen LogP) is 4.95. The molecule has 0 atom stereocenters. The van der Waals surface area contributed by atoms with Crippen LogP contribution in [0.3, 0.4) is 0 Å². The molecule has 0 aliphatic carbocycles. The van der Waals surface area contributed by atoms with Crippen molar-refractivity contribution >= 4 is 35.0 Å². The minimum atomic E-state index is -0.130. The van der Waals surface area contributed by atoms with E-state index in [1.807, 2.05) is 55.1 Å². The molecule has 30 heavy (non-hydrogen) atoms. The number of rotatable bonds is 6. The Morgan fingerprint density at radius 1 is 0.767 bits per heavy atom. The van der Waals surface area contributed by atoms with Crippen molar-refractivity contribution in [1.29, 1.82) is 0 Å². The molecule has 0 N–H and O–H groups in total. The molecule has 0 saturated heterocycles. The average Bonchev–Trinajstić information content (AvgIpc) is 3.15. The maximum absolute atomic E-state index is 13.2. The van der Waals surface area contributed by atoms with E-state index in [2.05, 4.69) is 19.1 Å². The summed E-state index contributed by atoms with van der Waals surface area (Å²) >= 11 is 1.84. The first-order valence-corrected chi connectivity index (χ1v) is 11.3. The first kappa shape index (κ1) is 20.5. The van der Waals surface area contributed by atoms with Crippen molar-refractivity contribution in [2.75, 3.05) is 19.8 Å². The molecule has 0 radical (unpaired) electrons. The van der Waals surface area contributed by atoms with Gasteiger partial charge in [0.1, 0.15) is 0 Å². The molecule has 154 valence electrons. The molecule has 0 aromatic heterocycles. The van der Waals surface area contributed by atoms with Gasteiger partial charge in [-0.15, -0.1) is 11.8 Å². The summed E-state index contributed by atoms with van der Waals surface area (Å²) in [6.07, 6.45) is 2.37. The summed E-state index contributed by atoms with van der Waals surface area (Å²) in [5.41, 5.74) is 5.30. The van der Waals surface area contributed by atoms with Gasteiger partial charge in [0, 0.05) is 19.0 Å². The number of amides is 2. The van der Waals surface area contributed by atoms with Gasteiger partial charge in [0.25, 0.3) is 11.8 Å². The zero-order valence-electron chi connectivity index (χ0n) is 17.9. The maximum atomic E-state index is 13.2. The minimum Gasteiger partial charge on any atom is -0.310 e. The number of aryl methyl sites for hydroxylation is 1. The number of fused-ring (bicyclic) bond motifs is 1. The molecule has 2 heterocycles. The van der Waals surface area contributed by atoms with Gasteiger partial charge in [-0.05, 0) is 42.4 Å². The number of likely N-dealkylation sites (N-methyl/N-ethyl adjacent to an activating group) is 2. The summed E-state index contributed by atoms with van der Waals surface area (Å²) in [6.45, 7) is 4.21. The lowest BCUT2D eigenvalue weighted by Gasteiger charge is -2.20. The fourth-order valence-corrected chi connectivity index (χ4v) is 4.96. The van der Waals surface area contributed by atoms with Crippen LogP contribution in [-0.4, -0.2) is 41.5 Å². The van der Waals surface area contributed by atoms with E-state index in [-0.39, 0.29) is 11.8 Å². The van der Waals surface area contributed by atoms with Crippen LogP contribution in [0.2, 0.25) is 0 Å². The van der Waals surface area contributed by atoms with Crippen molar-refractivity contribution in [3.63, 3.8) is 0 Å². The van der Waals surface area contributed by atoms with Crippen molar-refractivity contribution in [3.8, 4) is 0 Å². The van der Waals surface area contributed by atoms with E-state index in [0.717, 1.165) is 22.4 Å². The molecule has 2 amide bonds. The largest absolute Gasteiger partial charge is 0.310 e. The van der Waals surface area contributed by atoms with Crippen LogP contribution in [0.4, 0.5) is 0 Å².